The van der Waals surface area contributed by atoms with Crippen LogP contribution in [0.2, 0.25) is 0 Å². The molecule has 0 bridgehead atoms. The molecule has 24 heavy (non-hydrogen) atoms. The number of piperidine rings is 1. The molecule has 0 spiro atoms. The molecule has 0 radical (unpaired) electrons. The van der Waals surface area contributed by atoms with Gasteiger partial charge < -0.3 is 15.5 Å². The monoisotopic (exact) mass is 337 g/mol. The quantitative estimate of drug-likeness (QED) is 0.781. The fourth-order valence-electron chi connectivity index (χ4n) is 4.37. The second-order valence-electron chi connectivity index (χ2n) is 8.20. The van der Waals surface area contributed by atoms with Gasteiger partial charge in [0.2, 0.25) is 11.8 Å². The Labute approximate surface area is 146 Å². The van der Waals surface area contributed by atoms with Gasteiger partial charge in [0.1, 0.15) is 0 Å². The molecule has 2 rings (SSSR count). The molecule has 2 aliphatic rings. The number of nitrogens with zero attached hydrogens (tertiary/aromatic N) is 1. The molecule has 1 aliphatic heterocycles. The number of rotatable bonds is 6. The van der Waals surface area contributed by atoms with Crippen molar-refractivity contribution < 1.29 is 9.59 Å². The highest BCUT2D eigenvalue weighted by Gasteiger charge is 2.57. The molecule has 1 heterocycles. The molecule has 5 nitrogen and oxygen atoms in total. The number of nitrogens with one attached hydrogen (secondary N) is 2. The zero-order valence-electron chi connectivity index (χ0n) is 15.9. The predicted octanol–water partition coefficient (Wildman–Crippen LogP) is 2.17. The summed E-state index contributed by atoms with van der Waals surface area (Å²) in [5, 5.41) is 6.08. The molecule has 0 aromatic rings. The first-order valence-electron chi connectivity index (χ1n) is 9.61. The summed E-state index contributed by atoms with van der Waals surface area (Å²) < 4.78 is 0. The first-order chi connectivity index (χ1) is 11.3. The maximum absolute atomic E-state index is 12.9. The summed E-state index contributed by atoms with van der Waals surface area (Å²) in [6.07, 6.45) is 5.43. The van der Waals surface area contributed by atoms with E-state index in [2.05, 4.69) is 29.4 Å². The molecule has 138 valence electrons. The van der Waals surface area contributed by atoms with Gasteiger partial charge in [-0.15, -0.1) is 0 Å². The Bertz CT molecular complexity index is 458. The minimum Gasteiger partial charge on any atom is -0.356 e. The largest absolute Gasteiger partial charge is 0.356 e. The molecule has 2 amide bonds. The number of likely N-dealkylation sites (tertiary alicyclic amines) is 1. The SMILES string of the molecule is CCNC(=O)[C@H]1CC[C@@](C)(C(=O)NCCN2CCCCC2)C1(C)C. The van der Waals surface area contributed by atoms with Crippen LogP contribution in [0.3, 0.4) is 0 Å². The smallest absolute Gasteiger partial charge is 0.226 e. The molecule has 2 atom stereocenters. The van der Waals surface area contributed by atoms with Gasteiger partial charge in [0.05, 0.1) is 5.41 Å². The standard InChI is InChI=1S/C19H35N3O2/c1-5-20-16(23)15-9-10-19(4,18(15,2)3)17(24)21-11-14-22-12-7-6-8-13-22/h15H,5-14H2,1-4H3,(H,20,23)(H,21,24)/t15-,19+/m1/s1. The van der Waals surface area contributed by atoms with Crippen molar-refractivity contribution in [1.82, 2.24) is 15.5 Å². The molecular formula is C19H35N3O2. The Hall–Kier alpha value is -1.10. The second-order valence-corrected chi connectivity index (χ2v) is 8.20. The van der Waals surface area contributed by atoms with Crippen molar-refractivity contribution in [2.45, 2.75) is 59.8 Å². The molecule has 0 aromatic carbocycles. The molecule has 2 N–H and O–H groups in total. The van der Waals surface area contributed by atoms with Crippen molar-refractivity contribution in [3.63, 3.8) is 0 Å². The van der Waals surface area contributed by atoms with E-state index >= 15 is 0 Å². The Morgan fingerprint density at radius 3 is 2.38 bits per heavy atom. The van der Waals surface area contributed by atoms with Crippen LogP contribution in [-0.4, -0.2) is 49.4 Å². The minimum atomic E-state index is -0.482. The van der Waals surface area contributed by atoms with Gasteiger partial charge in [-0.3, -0.25) is 9.59 Å². The van der Waals surface area contributed by atoms with Crippen molar-refractivity contribution in [1.29, 1.82) is 0 Å². The third-order valence-corrected chi connectivity index (χ3v) is 6.56. The Morgan fingerprint density at radius 1 is 1.08 bits per heavy atom. The van der Waals surface area contributed by atoms with E-state index in [4.69, 9.17) is 0 Å². The second kappa shape index (κ2) is 7.85. The van der Waals surface area contributed by atoms with Crippen LogP contribution in [-0.2, 0) is 9.59 Å². The van der Waals surface area contributed by atoms with E-state index in [1.807, 2.05) is 13.8 Å². The minimum absolute atomic E-state index is 0.0877. The van der Waals surface area contributed by atoms with Crippen LogP contribution in [0.1, 0.15) is 59.8 Å². The number of carbonyl (C=O) groups excluding carboxylic acids is 2. The topological polar surface area (TPSA) is 61.4 Å². The van der Waals surface area contributed by atoms with E-state index < -0.39 is 5.41 Å². The summed E-state index contributed by atoms with van der Waals surface area (Å²) in [4.78, 5) is 27.7. The zero-order chi connectivity index (χ0) is 17.8. The first-order valence-corrected chi connectivity index (χ1v) is 9.61. The Kier molecular flexibility index (Phi) is 6.29. The van der Waals surface area contributed by atoms with Crippen LogP contribution >= 0.6 is 0 Å². The van der Waals surface area contributed by atoms with E-state index in [1.54, 1.807) is 0 Å². The van der Waals surface area contributed by atoms with E-state index in [1.165, 1.54) is 19.3 Å². The normalized spacial score (nSPS) is 30.1. The summed E-state index contributed by atoms with van der Waals surface area (Å²) in [7, 11) is 0. The van der Waals surface area contributed by atoms with Gasteiger partial charge in [0, 0.05) is 25.6 Å². The van der Waals surface area contributed by atoms with Crippen LogP contribution in [0.4, 0.5) is 0 Å². The fourth-order valence-corrected chi connectivity index (χ4v) is 4.37. The van der Waals surface area contributed by atoms with Crippen LogP contribution in [0, 0.1) is 16.7 Å². The molecule has 1 saturated carbocycles. The molecule has 1 saturated heterocycles. The Balaban J connectivity index is 1.91. The predicted molar refractivity (Wildman–Crippen MR) is 96.6 cm³/mol. The lowest BCUT2D eigenvalue weighted by molar-refractivity contribution is -0.138. The van der Waals surface area contributed by atoms with E-state index in [9.17, 15) is 9.59 Å². The van der Waals surface area contributed by atoms with Crippen LogP contribution in [0.25, 0.3) is 0 Å². The van der Waals surface area contributed by atoms with Gasteiger partial charge in [-0.2, -0.15) is 0 Å². The van der Waals surface area contributed by atoms with Gasteiger partial charge in [-0.05, 0) is 51.1 Å². The third kappa shape index (κ3) is 3.76. The molecule has 2 fully saturated rings. The average Bonchev–Trinajstić information content (AvgIpc) is 2.79. The summed E-state index contributed by atoms with van der Waals surface area (Å²) >= 11 is 0. The van der Waals surface area contributed by atoms with Crippen molar-refractivity contribution in [2.24, 2.45) is 16.7 Å². The number of carbonyl (C=O) groups is 2. The summed E-state index contributed by atoms with van der Waals surface area (Å²) in [6, 6.07) is 0. The number of hydrogen-bond acceptors (Lipinski definition) is 3. The molecular weight excluding hydrogens is 302 g/mol. The van der Waals surface area contributed by atoms with Gasteiger partial charge >= 0.3 is 0 Å². The van der Waals surface area contributed by atoms with E-state index in [0.29, 0.717) is 13.1 Å². The van der Waals surface area contributed by atoms with Gasteiger partial charge in [0.15, 0.2) is 0 Å². The molecule has 0 unspecified atom stereocenters. The highest BCUT2D eigenvalue weighted by atomic mass is 16.2. The van der Waals surface area contributed by atoms with Crippen molar-refractivity contribution in [3.8, 4) is 0 Å². The number of hydrogen-bond donors (Lipinski definition) is 2. The van der Waals surface area contributed by atoms with Gasteiger partial charge in [-0.1, -0.05) is 27.2 Å². The fraction of sp³-hybridized carbons (Fsp3) is 0.895. The molecule has 1 aliphatic carbocycles. The van der Waals surface area contributed by atoms with Crippen molar-refractivity contribution >= 4 is 11.8 Å². The van der Waals surface area contributed by atoms with Gasteiger partial charge in [0.25, 0.3) is 0 Å². The molecule has 0 aromatic heterocycles. The third-order valence-electron chi connectivity index (χ3n) is 6.56. The summed E-state index contributed by atoms with van der Waals surface area (Å²) in [5.41, 5.74) is -0.813. The van der Waals surface area contributed by atoms with Crippen molar-refractivity contribution in [3.05, 3.63) is 0 Å². The van der Waals surface area contributed by atoms with E-state index in [0.717, 1.165) is 32.5 Å². The highest BCUT2D eigenvalue weighted by Crippen LogP contribution is 2.56. The first kappa shape index (κ1) is 19.2. The number of amides is 2. The van der Waals surface area contributed by atoms with Crippen LogP contribution < -0.4 is 10.6 Å². The zero-order valence-corrected chi connectivity index (χ0v) is 15.9. The summed E-state index contributed by atoms with van der Waals surface area (Å²) in [5.74, 6) is 0.110. The van der Waals surface area contributed by atoms with E-state index in [-0.39, 0.29) is 23.1 Å². The lowest BCUT2D eigenvalue weighted by atomic mass is 9.65. The van der Waals surface area contributed by atoms with Crippen LogP contribution in [0.15, 0.2) is 0 Å². The lowest BCUT2D eigenvalue weighted by Crippen LogP contribution is -2.50. The summed E-state index contributed by atoms with van der Waals surface area (Å²) in [6.45, 7) is 12.7. The van der Waals surface area contributed by atoms with Gasteiger partial charge in [-0.25, -0.2) is 0 Å². The maximum Gasteiger partial charge on any atom is 0.226 e. The molecule has 5 heteroatoms. The average molecular weight is 338 g/mol. The van der Waals surface area contributed by atoms with Crippen LogP contribution in [0.5, 0.6) is 0 Å². The Morgan fingerprint density at radius 2 is 1.75 bits per heavy atom. The maximum atomic E-state index is 12.9. The highest BCUT2D eigenvalue weighted by molar-refractivity contribution is 5.87. The lowest BCUT2D eigenvalue weighted by Gasteiger charge is -2.40. The van der Waals surface area contributed by atoms with Crippen molar-refractivity contribution in [2.75, 3.05) is 32.7 Å².